The average Bonchev–Trinajstić information content (AvgIpc) is 3.31. The topological polar surface area (TPSA) is 90.4 Å². The maximum atomic E-state index is 14.8. The highest BCUT2D eigenvalue weighted by molar-refractivity contribution is 6.06. The zero-order valence-corrected chi connectivity index (χ0v) is 25.5. The fraction of sp³-hybridized carbons (Fsp3) is 0.378. The Bertz CT molecular complexity index is 1690. The van der Waals surface area contributed by atoms with Crippen LogP contribution in [0.15, 0.2) is 97.1 Å². The normalized spacial score (nSPS) is 29.2. The van der Waals surface area contributed by atoms with Gasteiger partial charge in [-0.1, -0.05) is 85.0 Å². The minimum atomic E-state index is -1.30. The Labute approximate surface area is 263 Å². The van der Waals surface area contributed by atoms with Crippen molar-refractivity contribution in [3.63, 3.8) is 0 Å². The number of unbranched alkanes of at least 4 members (excludes halogenated alkanes) is 2. The molecule has 0 bridgehead atoms. The molecule has 3 aromatic rings. The number of benzene rings is 3. The van der Waals surface area contributed by atoms with Gasteiger partial charge in [0.2, 0.25) is 11.8 Å². The van der Waals surface area contributed by atoms with Gasteiger partial charge < -0.3 is 24.5 Å². The van der Waals surface area contributed by atoms with Crippen molar-refractivity contribution in [2.45, 2.75) is 50.0 Å². The van der Waals surface area contributed by atoms with E-state index in [-0.39, 0.29) is 24.3 Å². The van der Waals surface area contributed by atoms with Gasteiger partial charge in [0.25, 0.3) is 5.91 Å². The van der Waals surface area contributed by atoms with Crippen LogP contribution >= 0.6 is 0 Å². The quantitative estimate of drug-likeness (QED) is 0.302. The van der Waals surface area contributed by atoms with Crippen molar-refractivity contribution in [1.82, 2.24) is 9.80 Å². The van der Waals surface area contributed by atoms with Crippen molar-refractivity contribution < 1.29 is 24.2 Å². The van der Waals surface area contributed by atoms with Gasteiger partial charge in [0.1, 0.15) is 11.6 Å². The maximum absolute atomic E-state index is 14.8. The first-order valence-electron chi connectivity index (χ1n) is 16.0. The molecule has 1 N–H and O–H groups in total. The molecule has 1 spiro atoms. The van der Waals surface area contributed by atoms with Crippen molar-refractivity contribution >= 4 is 34.2 Å². The standard InChI is InChI=1S/C37H39N3O5/c1-36-18-10-20-38(25-26-12-4-2-5-13-26)33(42)30(36)31-34(43)40(21-8-3-9-23-41)32-35(44)39(22-11-19-37(31,32)45-36)29-17-16-27-14-6-7-15-28(27)24-29/h2,4-7,10-19,24,30-32,41H,3,8-9,20-23,25H2,1H3/t30-,31-,32?,36+,37-/m0/s1. The van der Waals surface area contributed by atoms with E-state index in [1.54, 1.807) is 14.7 Å². The van der Waals surface area contributed by atoms with Gasteiger partial charge in [-0.2, -0.15) is 0 Å². The number of carbonyl (C=O) groups is 3. The van der Waals surface area contributed by atoms with E-state index in [9.17, 15) is 19.5 Å². The highest BCUT2D eigenvalue weighted by atomic mass is 16.5. The number of rotatable bonds is 8. The summed E-state index contributed by atoms with van der Waals surface area (Å²) >= 11 is 0. The fourth-order valence-electron chi connectivity index (χ4n) is 7.90. The highest BCUT2D eigenvalue weighted by Gasteiger charge is 2.74. The van der Waals surface area contributed by atoms with Crippen molar-refractivity contribution in [1.29, 1.82) is 0 Å². The van der Waals surface area contributed by atoms with Crippen LogP contribution in [-0.4, -0.2) is 76.1 Å². The number of carbonyl (C=O) groups excluding carboxylic acids is 3. The zero-order valence-electron chi connectivity index (χ0n) is 25.5. The predicted molar refractivity (Wildman–Crippen MR) is 172 cm³/mol. The van der Waals surface area contributed by atoms with E-state index >= 15 is 0 Å². The Morgan fingerprint density at radius 2 is 1.56 bits per heavy atom. The van der Waals surface area contributed by atoms with E-state index < -0.39 is 29.1 Å². The Kier molecular flexibility index (Phi) is 7.58. The third-order valence-electron chi connectivity index (χ3n) is 9.96. The second kappa shape index (κ2) is 11.6. The molecule has 3 amide bonds. The van der Waals surface area contributed by atoms with E-state index in [4.69, 9.17) is 4.74 Å². The summed E-state index contributed by atoms with van der Waals surface area (Å²) in [6.45, 7) is 3.45. The molecule has 0 saturated carbocycles. The van der Waals surface area contributed by atoms with E-state index in [0.29, 0.717) is 39.0 Å². The van der Waals surface area contributed by atoms with Crippen LogP contribution in [0.25, 0.3) is 10.8 Å². The summed E-state index contributed by atoms with van der Waals surface area (Å²) in [7, 11) is 0. The van der Waals surface area contributed by atoms with E-state index in [2.05, 4.69) is 0 Å². The summed E-state index contributed by atoms with van der Waals surface area (Å²) in [6, 6.07) is 22.9. The molecule has 45 heavy (non-hydrogen) atoms. The smallest absolute Gasteiger partial charge is 0.253 e. The number of amides is 3. The van der Waals surface area contributed by atoms with Crippen molar-refractivity contribution in [2.75, 3.05) is 31.1 Å². The number of aliphatic hydroxyl groups is 1. The maximum Gasteiger partial charge on any atom is 0.253 e. The first-order chi connectivity index (χ1) is 21.9. The molecule has 232 valence electrons. The van der Waals surface area contributed by atoms with E-state index in [1.165, 1.54) is 0 Å². The second-order valence-electron chi connectivity index (χ2n) is 12.8. The molecule has 2 fully saturated rings. The molecule has 4 heterocycles. The number of hydrogen-bond donors (Lipinski definition) is 1. The van der Waals surface area contributed by atoms with Crippen molar-refractivity contribution in [3.8, 4) is 0 Å². The van der Waals surface area contributed by atoms with Crippen LogP contribution in [-0.2, 0) is 25.7 Å². The van der Waals surface area contributed by atoms with Crippen LogP contribution < -0.4 is 4.90 Å². The number of fused-ring (bicyclic) bond motifs is 3. The molecule has 4 aliphatic heterocycles. The van der Waals surface area contributed by atoms with Crippen LogP contribution in [0.3, 0.4) is 0 Å². The largest absolute Gasteiger partial charge is 0.396 e. The van der Waals surface area contributed by atoms with Gasteiger partial charge in [0.05, 0.1) is 17.4 Å². The third kappa shape index (κ3) is 4.87. The molecule has 8 nitrogen and oxygen atoms in total. The zero-order chi connectivity index (χ0) is 31.2. The third-order valence-corrected chi connectivity index (χ3v) is 9.96. The molecule has 8 heteroatoms. The number of anilines is 1. The Morgan fingerprint density at radius 3 is 2.36 bits per heavy atom. The first-order valence-corrected chi connectivity index (χ1v) is 16.0. The number of likely N-dealkylation sites (tertiary alicyclic amines) is 1. The first kappa shape index (κ1) is 29.4. The number of hydrogen-bond acceptors (Lipinski definition) is 5. The molecule has 1 unspecified atom stereocenters. The Balaban J connectivity index is 1.29. The van der Waals surface area contributed by atoms with Gasteiger partial charge >= 0.3 is 0 Å². The van der Waals surface area contributed by atoms with Crippen molar-refractivity contribution in [3.05, 3.63) is 103 Å². The lowest BCUT2D eigenvalue weighted by molar-refractivity contribution is -0.148. The van der Waals surface area contributed by atoms with Gasteiger partial charge in [-0.15, -0.1) is 0 Å². The molecule has 7 rings (SSSR count). The van der Waals surface area contributed by atoms with Gasteiger partial charge in [0, 0.05) is 38.5 Å². The van der Waals surface area contributed by atoms with E-state index in [1.807, 2.05) is 104 Å². The lowest BCUT2D eigenvalue weighted by Crippen LogP contribution is -2.56. The van der Waals surface area contributed by atoms with Gasteiger partial charge in [-0.05, 0) is 54.7 Å². The Morgan fingerprint density at radius 1 is 0.800 bits per heavy atom. The SMILES string of the molecule is C[C@@]12C=CCN(Cc3ccccc3)C(=O)[C@@H]1[C@H]1C(=O)N(CCCCCO)C3C(=O)N(c4ccc5ccccc5c4)CC=C[C@@]31O2. The summed E-state index contributed by atoms with van der Waals surface area (Å²) in [5.41, 5.74) is -0.605. The minimum Gasteiger partial charge on any atom is -0.396 e. The van der Waals surface area contributed by atoms with Gasteiger partial charge in [0.15, 0.2) is 0 Å². The average molecular weight is 606 g/mol. The molecular weight excluding hydrogens is 566 g/mol. The molecule has 3 aromatic carbocycles. The van der Waals surface area contributed by atoms with Crippen LogP contribution in [0, 0.1) is 11.8 Å². The van der Waals surface area contributed by atoms with Crippen LogP contribution in [0.4, 0.5) is 5.69 Å². The molecule has 5 atom stereocenters. The highest BCUT2D eigenvalue weighted by Crippen LogP contribution is 2.57. The van der Waals surface area contributed by atoms with Gasteiger partial charge in [-0.25, -0.2) is 0 Å². The monoisotopic (exact) mass is 605 g/mol. The summed E-state index contributed by atoms with van der Waals surface area (Å²) in [4.78, 5) is 49.0. The summed E-state index contributed by atoms with van der Waals surface area (Å²) in [5.74, 6) is -2.22. The van der Waals surface area contributed by atoms with Crippen LogP contribution in [0.1, 0.15) is 31.7 Å². The molecule has 0 aromatic heterocycles. The molecule has 4 aliphatic rings. The van der Waals surface area contributed by atoms with Crippen molar-refractivity contribution in [2.24, 2.45) is 11.8 Å². The second-order valence-corrected chi connectivity index (χ2v) is 12.8. The lowest BCUT2D eigenvalue weighted by Gasteiger charge is -2.37. The Hall–Kier alpha value is -4.27. The van der Waals surface area contributed by atoms with Crippen LogP contribution in [0.2, 0.25) is 0 Å². The summed E-state index contributed by atoms with van der Waals surface area (Å²) < 4.78 is 6.98. The number of ether oxygens (including phenoxy) is 1. The summed E-state index contributed by atoms with van der Waals surface area (Å²) in [6.07, 6.45) is 9.67. The molecule has 2 saturated heterocycles. The molecular formula is C37H39N3O5. The van der Waals surface area contributed by atoms with Crippen LogP contribution in [0.5, 0.6) is 0 Å². The molecule has 0 radical (unpaired) electrons. The molecule has 0 aliphatic carbocycles. The number of aliphatic hydroxyl groups excluding tert-OH is 1. The minimum absolute atomic E-state index is 0.0724. The predicted octanol–water partition coefficient (Wildman–Crippen LogP) is 4.47. The van der Waals surface area contributed by atoms with Gasteiger partial charge in [-0.3, -0.25) is 14.4 Å². The summed E-state index contributed by atoms with van der Waals surface area (Å²) in [5, 5.41) is 11.5. The fourth-order valence-corrected chi connectivity index (χ4v) is 7.90. The number of nitrogens with zero attached hydrogens (tertiary/aromatic N) is 3. The lowest BCUT2D eigenvalue weighted by atomic mass is 9.74. The van der Waals surface area contributed by atoms with E-state index in [0.717, 1.165) is 28.4 Å².